The van der Waals surface area contributed by atoms with E-state index in [4.69, 9.17) is 13.9 Å². The number of benzene rings is 3. The number of carbonyl (C=O) groups is 1. The second-order valence-electron chi connectivity index (χ2n) is 6.44. The standard InChI is InChI=1S/C22H18N2O5/c1-13(20-23-24-21(29-20)14-7-9-17(27-2)10-8-14)28-22(26)18-11-15-5-3-4-6-16(15)12-19(18)25/h3-13,25H,1-2H3/t13-/m0/s1. The molecule has 0 aliphatic carbocycles. The SMILES string of the molecule is COc1ccc(-c2nnc([C@H](C)OC(=O)c3cc4ccccc4cc3O)o2)cc1. The number of phenolic OH excluding ortho intramolecular Hbond substituents is 1. The molecule has 3 aromatic carbocycles. The Bertz CT molecular complexity index is 1170. The number of aromatic hydroxyl groups is 1. The van der Waals surface area contributed by atoms with Gasteiger partial charge in [0.2, 0.25) is 5.89 Å². The molecular weight excluding hydrogens is 372 g/mol. The summed E-state index contributed by atoms with van der Waals surface area (Å²) < 4.78 is 16.2. The molecule has 146 valence electrons. The van der Waals surface area contributed by atoms with Gasteiger partial charge >= 0.3 is 5.97 Å². The van der Waals surface area contributed by atoms with Gasteiger partial charge in [-0.05, 0) is 54.1 Å². The van der Waals surface area contributed by atoms with Crippen LogP contribution in [0.1, 0.15) is 29.3 Å². The fourth-order valence-electron chi connectivity index (χ4n) is 2.92. The lowest BCUT2D eigenvalue weighted by atomic mass is 10.1. The Hall–Kier alpha value is -3.87. The molecule has 4 aromatic rings. The Morgan fingerprint density at radius 1 is 1.03 bits per heavy atom. The zero-order valence-electron chi connectivity index (χ0n) is 15.8. The smallest absolute Gasteiger partial charge is 0.342 e. The van der Waals surface area contributed by atoms with E-state index in [1.54, 1.807) is 44.4 Å². The van der Waals surface area contributed by atoms with Crippen LogP contribution in [-0.2, 0) is 4.74 Å². The molecule has 0 fully saturated rings. The molecule has 0 saturated heterocycles. The van der Waals surface area contributed by atoms with E-state index in [2.05, 4.69) is 10.2 Å². The van der Waals surface area contributed by atoms with Gasteiger partial charge in [-0.2, -0.15) is 0 Å². The van der Waals surface area contributed by atoms with Gasteiger partial charge in [0, 0.05) is 5.56 Å². The van der Waals surface area contributed by atoms with Crippen LogP contribution in [0.2, 0.25) is 0 Å². The van der Waals surface area contributed by atoms with E-state index in [0.717, 1.165) is 16.3 Å². The minimum absolute atomic E-state index is 0.0745. The Morgan fingerprint density at radius 3 is 2.41 bits per heavy atom. The summed E-state index contributed by atoms with van der Waals surface area (Å²) in [7, 11) is 1.59. The van der Waals surface area contributed by atoms with Crippen LogP contribution in [0.3, 0.4) is 0 Å². The molecule has 0 radical (unpaired) electrons. The predicted molar refractivity (Wildman–Crippen MR) is 106 cm³/mol. The number of methoxy groups -OCH3 is 1. The Morgan fingerprint density at radius 2 is 1.72 bits per heavy atom. The number of aromatic nitrogens is 2. The summed E-state index contributed by atoms with van der Waals surface area (Å²) in [6.45, 7) is 1.63. The largest absolute Gasteiger partial charge is 0.507 e. The summed E-state index contributed by atoms with van der Waals surface area (Å²) in [6.07, 6.45) is -0.784. The van der Waals surface area contributed by atoms with Crippen molar-refractivity contribution in [2.45, 2.75) is 13.0 Å². The highest BCUT2D eigenvalue weighted by Crippen LogP contribution is 2.28. The van der Waals surface area contributed by atoms with E-state index in [9.17, 15) is 9.90 Å². The number of hydrogen-bond donors (Lipinski definition) is 1. The molecule has 1 aromatic heterocycles. The Balaban J connectivity index is 1.52. The number of esters is 1. The van der Waals surface area contributed by atoms with E-state index >= 15 is 0 Å². The molecule has 0 amide bonds. The number of fused-ring (bicyclic) bond motifs is 1. The zero-order valence-corrected chi connectivity index (χ0v) is 15.8. The summed E-state index contributed by atoms with van der Waals surface area (Å²) in [5, 5.41) is 19.8. The lowest BCUT2D eigenvalue weighted by Gasteiger charge is -2.11. The summed E-state index contributed by atoms with van der Waals surface area (Å²) in [5.41, 5.74) is 0.792. The molecule has 4 rings (SSSR count). The number of carbonyl (C=O) groups excluding carboxylic acids is 1. The third-order valence-corrected chi connectivity index (χ3v) is 4.49. The quantitative estimate of drug-likeness (QED) is 0.501. The monoisotopic (exact) mass is 390 g/mol. The van der Waals surface area contributed by atoms with Gasteiger partial charge in [-0.25, -0.2) is 4.79 Å². The Labute approximate surface area is 166 Å². The maximum atomic E-state index is 12.6. The highest BCUT2D eigenvalue weighted by molar-refractivity contribution is 5.98. The number of ether oxygens (including phenoxy) is 2. The van der Waals surface area contributed by atoms with Crippen molar-refractivity contribution in [3.8, 4) is 23.0 Å². The van der Waals surface area contributed by atoms with Crippen LogP contribution in [-0.4, -0.2) is 28.4 Å². The first-order chi connectivity index (χ1) is 14.0. The van der Waals surface area contributed by atoms with E-state index in [1.807, 2.05) is 24.3 Å². The van der Waals surface area contributed by atoms with Crippen LogP contribution in [0.4, 0.5) is 0 Å². The van der Waals surface area contributed by atoms with Gasteiger partial charge in [0.05, 0.1) is 7.11 Å². The molecule has 7 nitrogen and oxygen atoms in total. The van der Waals surface area contributed by atoms with Crippen molar-refractivity contribution in [3.05, 3.63) is 72.1 Å². The van der Waals surface area contributed by atoms with Crippen molar-refractivity contribution in [1.82, 2.24) is 10.2 Å². The van der Waals surface area contributed by atoms with Gasteiger partial charge in [0.15, 0.2) is 6.10 Å². The number of nitrogens with zero attached hydrogens (tertiary/aromatic N) is 2. The van der Waals surface area contributed by atoms with E-state index in [0.29, 0.717) is 11.6 Å². The fraction of sp³-hybridized carbons (Fsp3) is 0.136. The number of phenols is 1. The lowest BCUT2D eigenvalue weighted by Crippen LogP contribution is -2.10. The van der Waals surface area contributed by atoms with Crippen LogP contribution in [0.25, 0.3) is 22.2 Å². The van der Waals surface area contributed by atoms with Crippen molar-refractivity contribution in [1.29, 1.82) is 0 Å². The molecule has 1 atom stereocenters. The van der Waals surface area contributed by atoms with Crippen molar-refractivity contribution >= 4 is 16.7 Å². The summed E-state index contributed by atoms with van der Waals surface area (Å²) >= 11 is 0. The molecule has 0 aliphatic rings. The molecule has 0 bridgehead atoms. The molecule has 1 N–H and O–H groups in total. The van der Waals surface area contributed by atoms with Gasteiger partial charge in [0.25, 0.3) is 5.89 Å². The maximum absolute atomic E-state index is 12.6. The fourth-order valence-corrected chi connectivity index (χ4v) is 2.92. The molecule has 0 aliphatic heterocycles. The normalized spacial score (nSPS) is 11.9. The topological polar surface area (TPSA) is 94.7 Å². The van der Waals surface area contributed by atoms with E-state index in [1.165, 1.54) is 6.07 Å². The minimum Gasteiger partial charge on any atom is -0.507 e. The third-order valence-electron chi connectivity index (χ3n) is 4.49. The van der Waals surface area contributed by atoms with Crippen LogP contribution in [0.15, 0.2) is 65.1 Å². The van der Waals surface area contributed by atoms with Crippen LogP contribution in [0, 0.1) is 0 Å². The molecule has 1 heterocycles. The lowest BCUT2D eigenvalue weighted by molar-refractivity contribution is 0.0277. The Kier molecular flexibility index (Phi) is 4.87. The first kappa shape index (κ1) is 18.5. The van der Waals surface area contributed by atoms with Gasteiger partial charge < -0.3 is 19.0 Å². The van der Waals surface area contributed by atoms with Crippen molar-refractivity contribution in [3.63, 3.8) is 0 Å². The minimum atomic E-state index is -0.784. The van der Waals surface area contributed by atoms with Gasteiger partial charge in [0.1, 0.15) is 17.1 Å². The second kappa shape index (κ2) is 7.63. The molecule has 0 unspecified atom stereocenters. The molecule has 0 saturated carbocycles. The number of hydrogen-bond acceptors (Lipinski definition) is 7. The molecule has 0 spiro atoms. The molecule has 29 heavy (non-hydrogen) atoms. The predicted octanol–water partition coefficient (Wildman–Crippen LogP) is 4.52. The highest BCUT2D eigenvalue weighted by Gasteiger charge is 2.22. The van der Waals surface area contributed by atoms with Gasteiger partial charge in [-0.15, -0.1) is 10.2 Å². The van der Waals surface area contributed by atoms with E-state index in [-0.39, 0.29) is 17.2 Å². The van der Waals surface area contributed by atoms with Crippen molar-refractivity contribution < 1.29 is 23.8 Å². The maximum Gasteiger partial charge on any atom is 0.342 e. The third kappa shape index (κ3) is 3.75. The van der Waals surface area contributed by atoms with Crippen molar-refractivity contribution in [2.24, 2.45) is 0 Å². The zero-order chi connectivity index (χ0) is 20.4. The molecular formula is C22H18N2O5. The average Bonchev–Trinajstić information content (AvgIpc) is 3.23. The first-order valence-electron chi connectivity index (χ1n) is 8.95. The summed E-state index contributed by atoms with van der Waals surface area (Å²) in [5.74, 6) is 0.352. The van der Waals surface area contributed by atoms with Crippen LogP contribution < -0.4 is 4.74 Å². The van der Waals surface area contributed by atoms with E-state index < -0.39 is 12.1 Å². The summed E-state index contributed by atoms with van der Waals surface area (Å²) in [4.78, 5) is 12.6. The summed E-state index contributed by atoms with van der Waals surface area (Å²) in [6, 6.07) is 17.7. The van der Waals surface area contributed by atoms with Crippen LogP contribution in [0.5, 0.6) is 11.5 Å². The van der Waals surface area contributed by atoms with Gasteiger partial charge in [-0.3, -0.25) is 0 Å². The number of rotatable bonds is 5. The second-order valence-corrected chi connectivity index (χ2v) is 6.44. The molecule has 7 heteroatoms. The van der Waals surface area contributed by atoms with Crippen LogP contribution >= 0.6 is 0 Å². The van der Waals surface area contributed by atoms with Gasteiger partial charge in [-0.1, -0.05) is 24.3 Å². The average molecular weight is 390 g/mol. The highest BCUT2D eigenvalue weighted by atomic mass is 16.6. The first-order valence-corrected chi connectivity index (χ1v) is 8.95. The van der Waals surface area contributed by atoms with Crippen molar-refractivity contribution in [2.75, 3.05) is 7.11 Å².